The third kappa shape index (κ3) is 5.16. The van der Waals surface area contributed by atoms with Crippen LogP contribution in [0.4, 0.5) is 0 Å². The van der Waals surface area contributed by atoms with Gasteiger partial charge in [0, 0.05) is 0 Å². The average molecular weight is 560 g/mol. The summed E-state index contributed by atoms with van der Waals surface area (Å²) in [7, 11) is 0. The minimum atomic E-state index is -2.17. The molecule has 0 fully saturated rings. The first-order valence-corrected chi connectivity index (χ1v) is 17.9. The Morgan fingerprint density at radius 3 is 1.72 bits per heavy atom. The molecule has 2 aliphatic rings. The topological polar surface area (TPSA) is 0 Å². The van der Waals surface area contributed by atoms with Crippen LogP contribution in [0.3, 0.4) is 0 Å². The number of rotatable bonds is 5. The third-order valence-corrected chi connectivity index (χ3v) is 16.6. The van der Waals surface area contributed by atoms with E-state index in [-0.39, 0.29) is 16.2 Å². The van der Waals surface area contributed by atoms with Crippen LogP contribution in [-0.4, -0.2) is 3.21 Å². The van der Waals surface area contributed by atoms with E-state index < -0.39 is 21.3 Å². The van der Waals surface area contributed by atoms with Crippen molar-refractivity contribution in [2.45, 2.75) is 110 Å². The van der Waals surface area contributed by atoms with E-state index in [2.05, 4.69) is 125 Å². The number of fused-ring (bicyclic) bond motifs is 3. The zero-order valence-corrected chi connectivity index (χ0v) is 27.3. The van der Waals surface area contributed by atoms with Gasteiger partial charge in [0.2, 0.25) is 0 Å². The molecule has 0 saturated carbocycles. The van der Waals surface area contributed by atoms with E-state index in [0.29, 0.717) is 3.63 Å². The Morgan fingerprint density at radius 2 is 1.31 bits per heavy atom. The molecule has 0 heterocycles. The van der Waals surface area contributed by atoms with Crippen LogP contribution in [0.1, 0.15) is 121 Å². The van der Waals surface area contributed by atoms with Crippen LogP contribution in [-0.2, 0) is 32.1 Å². The molecule has 0 radical (unpaired) electrons. The van der Waals surface area contributed by atoms with Crippen LogP contribution < -0.4 is 0 Å². The molecule has 0 atom stereocenters. The van der Waals surface area contributed by atoms with Gasteiger partial charge >= 0.3 is 231 Å². The molecule has 0 saturated heterocycles. The summed E-state index contributed by atoms with van der Waals surface area (Å²) in [6, 6.07) is 14.9. The summed E-state index contributed by atoms with van der Waals surface area (Å²) in [5, 5.41) is 0. The molecule has 2 aromatic carbocycles. The second kappa shape index (κ2) is 9.76. The van der Waals surface area contributed by atoms with Gasteiger partial charge in [0.25, 0.3) is 0 Å². The first kappa shape index (κ1) is 27.7. The quantitative estimate of drug-likeness (QED) is 0.342. The Bertz CT molecular complexity index is 1200. The van der Waals surface area contributed by atoms with Gasteiger partial charge in [-0.3, -0.25) is 0 Å². The van der Waals surface area contributed by atoms with Crippen molar-refractivity contribution in [1.29, 1.82) is 0 Å². The molecule has 0 spiro atoms. The molecule has 0 N–H and O–H groups in total. The summed E-state index contributed by atoms with van der Waals surface area (Å²) in [4.78, 5) is 0. The van der Waals surface area contributed by atoms with Gasteiger partial charge in [-0.25, -0.2) is 0 Å². The van der Waals surface area contributed by atoms with Crippen molar-refractivity contribution in [1.82, 2.24) is 0 Å². The number of allylic oxidation sites excluding steroid dienone is 4. The Balaban J connectivity index is 1.90. The normalized spacial score (nSPS) is 16.0. The number of hydrogen-bond donors (Lipinski definition) is 0. The molecule has 0 bridgehead atoms. The standard InChI is InChI=1S/C21H25.C11H17.C3H6.Zr/c1-20(2,3)16-9-7-14-11-15-8-10-17(21(4,5)6)13-19(15)18(14)12-16;1-4-9-11(2,3)10-7-5-6-8-10;1-3-2;/h7-13H,1-6H3;7-8H,4-5,9H2,1-3H3;1-2H3;. The molecule has 36 heavy (non-hydrogen) atoms. The summed E-state index contributed by atoms with van der Waals surface area (Å²) in [6.45, 7) is 26.1. The van der Waals surface area contributed by atoms with Gasteiger partial charge in [-0.2, -0.15) is 0 Å². The molecule has 0 unspecified atom stereocenters. The monoisotopic (exact) mass is 558 g/mol. The van der Waals surface area contributed by atoms with E-state index in [0.717, 1.165) is 0 Å². The molecule has 2 aromatic rings. The zero-order chi connectivity index (χ0) is 26.6. The van der Waals surface area contributed by atoms with Gasteiger partial charge in [-0.15, -0.1) is 0 Å². The molecule has 2 aliphatic carbocycles. The van der Waals surface area contributed by atoms with Gasteiger partial charge in [-0.05, 0) is 0 Å². The van der Waals surface area contributed by atoms with Crippen LogP contribution in [0.5, 0.6) is 0 Å². The summed E-state index contributed by atoms with van der Waals surface area (Å²) >= 11 is -2.17. The molecular weight excluding hydrogens is 512 g/mol. The van der Waals surface area contributed by atoms with Crippen LogP contribution in [0.15, 0.2) is 57.4 Å². The third-order valence-electron chi connectivity index (χ3n) is 8.45. The van der Waals surface area contributed by atoms with Crippen LogP contribution >= 0.6 is 0 Å². The molecular formula is C35H48Zr. The Labute approximate surface area is 229 Å². The van der Waals surface area contributed by atoms with Gasteiger partial charge in [-0.1, -0.05) is 0 Å². The second-order valence-corrected chi connectivity index (χ2v) is 21.6. The van der Waals surface area contributed by atoms with Crippen LogP contribution in [0.2, 0.25) is 0 Å². The van der Waals surface area contributed by atoms with Gasteiger partial charge in [0.1, 0.15) is 0 Å². The molecule has 0 amide bonds. The van der Waals surface area contributed by atoms with E-state index in [4.69, 9.17) is 0 Å². The Kier molecular flexibility index (Phi) is 7.51. The number of hydrogen-bond acceptors (Lipinski definition) is 0. The second-order valence-electron chi connectivity index (χ2n) is 14.1. The zero-order valence-electron chi connectivity index (χ0n) is 24.8. The van der Waals surface area contributed by atoms with Crippen molar-refractivity contribution in [3.05, 3.63) is 79.7 Å². The van der Waals surface area contributed by atoms with E-state index in [1.54, 1.807) is 23.2 Å². The summed E-state index contributed by atoms with van der Waals surface area (Å²) < 4.78 is 4.09. The fourth-order valence-electron chi connectivity index (χ4n) is 6.24. The Morgan fingerprint density at radius 1 is 0.806 bits per heavy atom. The van der Waals surface area contributed by atoms with Gasteiger partial charge in [0.15, 0.2) is 0 Å². The Hall–Kier alpha value is -1.33. The van der Waals surface area contributed by atoms with E-state index in [1.165, 1.54) is 41.5 Å². The van der Waals surface area contributed by atoms with Crippen molar-refractivity contribution < 1.29 is 21.3 Å². The fraction of sp³-hybridized carbons (Fsp3) is 0.514. The minimum absolute atomic E-state index is 0.154. The van der Waals surface area contributed by atoms with Gasteiger partial charge in [0.05, 0.1) is 0 Å². The first-order chi connectivity index (χ1) is 16.6. The SMILES string of the molecule is CCCC(C)(C)C1=CC[C]([Zr](=[C](C)C)[CH]2c3ccc(C(C)(C)C)cc3-c3cc(C(C)(C)C)ccc32)=C1. The van der Waals surface area contributed by atoms with Crippen molar-refractivity contribution in [2.24, 2.45) is 5.41 Å². The van der Waals surface area contributed by atoms with Gasteiger partial charge < -0.3 is 0 Å². The molecule has 192 valence electrons. The maximum absolute atomic E-state index is 2.65. The van der Waals surface area contributed by atoms with Crippen molar-refractivity contribution in [3.63, 3.8) is 0 Å². The summed E-state index contributed by atoms with van der Waals surface area (Å²) in [5.74, 6) is 0. The fourth-order valence-corrected chi connectivity index (χ4v) is 14.5. The van der Waals surface area contributed by atoms with Crippen LogP contribution in [0, 0.1) is 5.41 Å². The number of benzene rings is 2. The van der Waals surface area contributed by atoms with E-state index in [9.17, 15) is 0 Å². The van der Waals surface area contributed by atoms with Crippen molar-refractivity contribution in [3.8, 4) is 11.1 Å². The predicted octanol–water partition coefficient (Wildman–Crippen LogP) is 10.2. The summed E-state index contributed by atoms with van der Waals surface area (Å²) in [5.41, 5.74) is 11.3. The molecule has 0 aliphatic heterocycles. The molecule has 0 nitrogen and oxygen atoms in total. The average Bonchev–Trinajstić information content (AvgIpc) is 3.37. The molecule has 0 aromatic heterocycles. The van der Waals surface area contributed by atoms with Crippen molar-refractivity contribution in [2.75, 3.05) is 0 Å². The first-order valence-electron chi connectivity index (χ1n) is 14.0. The summed E-state index contributed by atoms with van der Waals surface area (Å²) in [6.07, 6.45) is 8.90. The van der Waals surface area contributed by atoms with Crippen molar-refractivity contribution >= 4 is 3.21 Å². The molecule has 1 heteroatoms. The van der Waals surface area contributed by atoms with E-state index >= 15 is 0 Å². The van der Waals surface area contributed by atoms with Crippen LogP contribution in [0.25, 0.3) is 11.1 Å². The predicted molar refractivity (Wildman–Crippen MR) is 157 cm³/mol. The van der Waals surface area contributed by atoms with E-state index in [1.807, 2.05) is 0 Å². The molecule has 4 rings (SSSR count). The maximum atomic E-state index is 2.65.